The molecule has 88 valence electrons. The summed E-state index contributed by atoms with van der Waals surface area (Å²) in [4.78, 5) is 8.58. The molecule has 1 atom stereocenters. The van der Waals surface area contributed by atoms with Gasteiger partial charge in [-0.3, -0.25) is 4.79 Å². The van der Waals surface area contributed by atoms with Crippen LogP contribution in [0.15, 0.2) is 43.0 Å². The molecule has 0 aliphatic carbocycles. The maximum atomic E-state index is 9.44. The van der Waals surface area contributed by atoms with E-state index in [1.165, 1.54) is 5.56 Å². The monoisotopic (exact) mass is 221 g/mol. The summed E-state index contributed by atoms with van der Waals surface area (Å²) in [5.74, 6) is 0. The predicted octanol–water partition coefficient (Wildman–Crippen LogP) is 1.66. The lowest BCUT2D eigenvalue weighted by Crippen LogP contribution is -2.05. The third-order valence-electron chi connectivity index (χ3n) is 2.05. The third-order valence-corrected chi connectivity index (χ3v) is 2.05. The Labute approximate surface area is 96.6 Å². The Kier molecular flexibility index (Phi) is 8.93. The van der Waals surface area contributed by atoms with Gasteiger partial charge in [-0.1, -0.05) is 36.4 Å². The highest BCUT2D eigenvalue weighted by molar-refractivity contribution is 5.42. The topological polar surface area (TPSA) is 63.3 Å². The van der Waals surface area contributed by atoms with Gasteiger partial charge in [0.2, 0.25) is 6.41 Å². The molecule has 3 heteroatoms. The highest BCUT2D eigenvalue weighted by Gasteiger charge is 2.01. The summed E-state index contributed by atoms with van der Waals surface area (Å²) in [6.45, 7) is 3.60. The molecule has 0 heterocycles. The first-order valence-electron chi connectivity index (χ1n) is 5.22. The van der Waals surface area contributed by atoms with E-state index in [1.807, 2.05) is 18.2 Å². The number of carbonyl (C=O) groups excluding carboxylic acids is 1. The summed E-state index contributed by atoms with van der Waals surface area (Å²) in [7, 11) is 0. The van der Waals surface area contributed by atoms with Gasteiger partial charge in [-0.25, -0.2) is 0 Å². The van der Waals surface area contributed by atoms with Crippen LogP contribution in [-0.2, 0) is 11.2 Å². The van der Waals surface area contributed by atoms with E-state index >= 15 is 0 Å². The van der Waals surface area contributed by atoms with Gasteiger partial charge in [0, 0.05) is 0 Å². The molecule has 0 saturated heterocycles. The average molecular weight is 221 g/mol. The first-order valence-corrected chi connectivity index (χ1v) is 5.22. The number of hydrogen-bond acceptors (Lipinski definition) is 2. The van der Waals surface area contributed by atoms with Crippen molar-refractivity contribution >= 4 is 6.41 Å². The van der Waals surface area contributed by atoms with Crippen LogP contribution < -0.4 is 5.73 Å². The van der Waals surface area contributed by atoms with Crippen LogP contribution in [-0.4, -0.2) is 17.6 Å². The normalized spacial score (nSPS) is 10.8. The van der Waals surface area contributed by atoms with Crippen molar-refractivity contribution in [1.82, 2.24) is 0 Å². The number of rotatable bonds is 5. The smallest absolute Gasteiger partial charge is 0.204 e. The minimum Gasteiger partial charge on any atom is -0.393 e. The lowest BCUT2D eigenvalue weighted by molar-refractivity contribution is -0.106. The molecule has 0 bridgehead atoms. The molecule has 1 rings (SSSR count). The van der Waals surface area contributed by atoms with Crippen molar-refractivity contribution in [3.05, 3.63) is 48.6 Å². The van der Waals surface area contributed by atoms with Crippen LogP contribution in [0, 0.1) is 0 Å². The zero-order valence-electron chi connectivity index (χ0n) is 9.38. The second-order valence-electron chi connectivity index (χ2n) is 3.34. The Morgan fingerprint density at radius 3 is 2.44 bits per heavy atom. The number of hydrogen-bond donors (Lipinski definition) is 2. The van der Waals surface area contributed by atoms with Gasteiger partial charge in [0.05, 0.1) is 6.10 Å². The van der Waals surface area contributed by atoms with E-state index in [4.69, 9.17) is 4.79 Å². The van der Waals surface area contributed by atoms with E-state index in [9.17, 15) is 5.11 Å². The summed E-state index contributed by atoms with van der Waals surface area (Å²) in [5, 5.41) is 9.44. The number of nitrogens with two attached hydrogens (primary N) is 1. The minimum atomic E-state index is -0.238. The molecule has 0 aromatic heterocycles. The fourth-order valence-electron chi connectivity index (χ4n) is 1.29. The van der Waals surface area contributed by atoms with E-state index < -0.39 is 0 Å². The Morgan fingerprint density at radius 1 is 1.38 bits per heavy atom. The van der Waals surface area contributed by atoms with Gasteiger partial charge in [-0.15, -0.1) is 6.58 Å². The van der Waals surface area contributed by atoms with E-state index in [1.54, 1.807) is 6.08 Å². The standard InChI is InChI=1S/C12H16O.CH3NO/c1-2-6-12(13)10-9-11-7-4-3-5-8-11;2-1-3/h2-5,7-8,12-13H,1,6,9-10H2;1H,(H2,2,3). The second kappa shape index (κ2) is 9.93. The third kappa shape index (κ3) is 7.76. The zero-order valence-corrected chi connectivity index (χ0v) is 9.38. The minimum absolute atomic E-state index is 0.238. The fraction of sp³-hybridized carbons (Fsp3) is 0.308. The predicted molar refractivity (Wildman–Crippen MR) is 65.8 cm³/mol. The van der Waals surface area contributed by atoms with Crippen LogP contribution in [0.3, 0.4) is 0 Å². The van der Waals surface area contributed by atoms with Crippen LogP contribution in [0.1, 0.15) is 18.4 Å². The van der Waals surface area contributed by atoms with Crippen molar-refractivity contribution in [2.24, 2.45) is 5.73 Å². The van der Waals surface area contributed by atoms with Crippen LogP contribution >= 0.6 is 0 Å². The molecule has 0 aliphatic heterocycles. The molecule has 0 saturated carbocycles. The number of amides is 1. The summed E-state index contributed by atoms with van der Waals surface area (Å²) in [6.07, 6.45) is 4.21. The summed E-state index contributed by atoms with van der Waals surface area (Å²) < 4.78 is 0. The average Bonchev–Trinajstić information content (AvgIpc) is 2.29. The van der Waals surface area contributed by atoms with E-state index in [0.717, 1.165) is 12.8 Å². The van der Waals surface area contributed by atoms with Gasteiger partial charge in [0.25, 0.3) is 0 Å². The largest absolute Gasteiger partial charge is 0.393 e. The summed E-state index contributed by atoms with van der Waals surface area (Å²) in [5.41, 5.74) is 5.45. The van der Waals surface area contributed by atoms with Crippen LogP contribution in [0.2, 0.25) is 0 Å². The zero-order chi connectivity index (χ0) is 12.2. The molecule has 3 N–H and O–H groups in total. The van der Waals surface area contributed by atoms with E-state index in [0.29, 0.717) is 6.42 Å². The molecule has 1 amide bonds. The molecule has 1 unspecified atom stereocenters. The molecule has 0 radical (unpaired) electrons. The maximum Gasteiger partial charge on any atom is 0.204 e. The number of carbonyl (C=O) groups is 1. The van der Waals surface area contributed by atoms with Gasteiger partial charge in [-0.05, 0) is 24.8 Å². The summed E-state index contributed by atoms with van der Waals surface area (Å²) >= 11 is 0. The second-order valence-corrected chi connectivity index (χ2v) is 3.34. The van der Waals surface area contributed by atoms with Crippen molar-refractivity contribution in [2.75, 3.05) is 0 Å². The highest BCUT2D eigenvalue weighted by Crippen LogP contribution is 2.06. The van der Waals surface area contributed by atoms with Gasteiger partial charge in [-0.2, -0.15) is 0 Å². The van der Waals surface area contributed by atoms with Crippen molar-refractivity contribution in [3.8, 4) is 0 Å². The van der Waals surface area contributed by atoms with Crippen molar-refractivity contribution in [1.29, 1.82) is 0 Å². The van der Waals surface area contributed by atoms with Gasteiger partial charge >= 0.3 is 0 Å². The number of aliphatic hydroxyl groups is 1. The molecule has 0 fully saturated rings. The quantitative estimate of drug-likeness (QED) is 0.586. The number of aryl methyl sites for hydroxylation is 1. The van der Waals surface area contributed by atoms with Gasteiger partial charge < -0.3 is 10.8 Å². The Morgan fingerprint density at radius 2 is 1.94 bits per heavy atom. The first kappa shape index (κ1) is 14.4. The molecular weight excluding hydrogens is 202 g/mol. The Hall–Kier alpha value is -1.61. The van der Waals surface area contributed by atoms with Crippen molar-refractivity contribution < 1.29 is 9.90 Å². The lowest BCUT2D eigenvalue weighted by Gasteiger charge is -2.06. The van der Waals surface area contributed by atoms with Crippen LogP contribution in [0.5, 0.6) is 0 Å². The van der Waals surface area contributed by atoms with E-state index in [-0.39, 0.29) is 12.5 Å². The van der Waals surface area contributed by atoms with Gasteiger partial charge in [0.1, 0.15) is 0 Å². The lowest BCUT2D eigenvalue weighted by atomic mass is 10.1. The molecule has 1 aromatic carbocycles. The maximum absolute atomic E-state index is 9.44. The molecule has 0 spiro atoms. The van der Waals surface area contributed by atoms with Crippen LogP contribution in [0.25, 0.3) is 0 Å². The van der Waals surface area contributed by atoms with Crippen molar-refractivity contribution in [3.63, 3.8) is 0 Å². The number of aliphatic hydroxyl groups excluding tert-OH is 1. The van der Waals surface area contributed by atoms with Gasteiger partial charge in [0.15, 0.2) is 0 Å². The Balaban J connectivity index is 0.000000673. The molecule has 16 heavy (non-hydrogen) atoms. The molecular formula is C13H19NO2. The first-order chi connectivity index (χ1) is 7.74. The SMILES string of the molecule is C=CCC(O)CCc1ccccc1.NC=O. The number of primary amides is 1. The molecule has 0 aliphatic rings. The van der Waals surface area contributed by atoms with E-state index in [2.05, 4.69) is 24.4 Å². The molecule has 1 aromatic rings. The summed E-state index contributed by atoms with van der Waals surface area (Å²) in [6, 6.07) is 10.2. The fourth-order valence-corrected chi connectivity index (χ4v) is 1.29. The van der Waals surface area contributed by atoms with Crippen LogP contribution in [0.4, 0.5) is 0 Å². The van der Waals surface area contributed by atoms with Crippen molar-refractivity contribution in [2.45, 2.75) is 25.4 Å². The number of benzene rings is 1. The highest BCUT2D eigenvalue weighted by atomic mass is 16.3. The molecule has 3 nitrogen and oxygen atoms in total. The Bertz CT molecular complexity index is 285.